The zero-order valence-electron chi connectivity index (χ0n) is 25.9. The molecule has 47 heavy (non-hydrogen) atoms. The number of phenols is 1. The normalized spacial score (nSPS) is 36.6. The van der Waals surface area contributed by atoms with Gasteiger partial charge in [-0.25, -0.2) is 0 Å². The zero-order valence-corrected chi connectivity index (χ0v) is 25.9. The van der Waals surface area contributed by atoms with Crippen molar-refractivity contribution in [2.75, 3.05) is 20.7 Å². The number of hydrogen-bond acceptors (Lipinski definition) is 15. The lowest BCUT2D eigenvalue weighted by atomic mass is 9.55. The zero-order chi connectivity index (χ0) is 35.5. The van der Waals surface area contributed by atoms with Gasteiger partial charge in [0.1, 0.15) is 47.2 Å². The topological polar surface area (TPSA) is 301 Å². The van der Waals surface area contributed by atoms with Gasteiger partial charge in [0.2, 0.25) is 11.7 Å². The molecule has 10 atom stereocenters. The maximum atomic E-state index is 13.3. The van der Waals surface area contributed by atoms with Gasteiger partial charge in [-0.2, -0.15) is 0 Å². The van der Waals surface area contributed by atoms with Crippen molar-refractivity contribution in [3.05, 3.63) is 52.0 Å². The molecular weight excluding hydrogens is 626 g/mol. The number of likely N-dealkylation sites (N-methyl/N-ethyl adjacent to an activating group) is 1. The molecule has 17 heteroatoms. The van der Waals surface area contributed by atoms with Crippen molar-refractivity contribution in [3.8, 4) is 5.75 Å². The van der Waals surface area contributed by atoms with Crippen LogP contribution in [0.4, 0.5) is 0 Å². The van der Waals surface area contributed by atoms with Crippen LogP contribution >= 0.6 is 0 Å². The van der Waals surface area contributed by atoms with E-state index in [2.05, 4.69) is 5.32 Å². The summed E-state index contributed by atoms with van der Waals surface area (Å²) in [5, 5.41) is 94.4. The van der Waals surface area contributed by atoms with Gasteiger partial charge in [0.05, 0.1) is 23.8 Å². The van der Waals surface area contributed by atoms with Gasteiger partial charge in [-0.15, -0.1) is 0 Å². The maximum Gasteiger partial charge on any atom is 0.255 e. The molecule has 0 saturated carbocycles. The van der Waals surface area contributed by atoms with Crippen LogP contribution in [0.5, 0.6) is 5.75 Å². The highest BCUT2D eigenvalue weighted by molar-refractivity contribution is 6.24. The van der Waals surface area contributed by atoms with Crippen molar-refractivity contribution in [3.63, 3.8) is 0 Å². The lowest BCUT2D eigenvalue weighted by molar-refractivity contribution is -0.253. The van der Waals surface area contributed by atoms with E-state index in [9.17, 15) is 60.0 Å². The quantitative estimate of drug-likeness (QED) is 0.140. The molecular formula is C30H39N3O14. The maximum absolute atomic E-state index is 13.3. The van der Waals surface area contributed by atoms with E-state index in [-0.39, 0.29) is 17.5 Å². The van der Waals surface area contributed by atoms with Crippen LogP contribution in [0.15, 0.2) is 40.9 Å². The average molecular weight is 666 g/mol. The van der Waals surface area contributed by atoms with E-state index in [0.29, 0.717) is 0 Å². The number of aliphatic hydroxyl groups excluding tert-OH is 6. The third kappa shape index (κ3) is 5.57. The third-order valence-corrected chi connectivity index (χ3v) is 9.29. The Labute approximate surface area is 267 Å². The summed E-state index contributed by atoms with van der Waals surface area (Å²) >= 11 is 0. The number of benzene rings is 1. The molecule has 1 fully saturated rings. The van der Waals surface area contributed by atoms with Gasteiger partial charge in [-0.3, -0.25) is 24.1 Å². The Morgan fingerprint density at radius 1 is 1.09 bits per heavy atom. The van der Waals surface area contributed by atoms with E-state index in [1.54, 1.807) is 0 Å². The molecule has 4 aliphatic rings. The van der Waals surface area contributed by atoms with Crippen LogP contribution in [0.2, 0.25) is 0 Å². The average Bonchev–Trinajstić information content (AvgIpc) is 2.97. The Hall–Kier alpha value is -3.94. The number of nitrogens with two attached hydrogens (primary N) is 1. The number of hydrogen-bond donors (Lipinski definition) is 11. The number of nitrogens with one attached hydrogen (secondary N) is 1. The van der Waals surface area contributed by atoms with Crippen molar-refractivity contribution < 1.29 is 69.9 Å². The molecule has 1 saturated heterocycles. The smallest absolute Gasteiger partial charge is 0.255 e. The molecule has 1 aliphatic heterocycles. The Kier molecular flexibility index (Phi) is 9.62. The molecule has 1 aromatic rings. The fourth-order valence-electron chi connectivity index (χ4n) is 7.00. The number of fused-ring (bicyclic) bond motifs is 3. The van der Waals surface area contributed by atoms with Crippen molar-refractivity contribution in [1.29, 1.82) is 0 Å². The minimum atomic E-state index is -2.75. The van der Waals surface area contributed by atoms with Gasteiger partial charge in [0, 0.05) is 24.3 Å². The van der Waals surface area contributed by atoms with E-state index < -0.39 is 118 Å². The van der Waals surface area contributed by atoms with E-state index in [4.69, 9.17) is 15.6 Å². The third-order valence-electron chi connectivity index (χ3n) is 9.29. The number of ketones is 2. The molecule has 12 N–H and O–H groups in total. The summed E-state index contributed by atoms with van der Waals surface area (Å²) in [5.74, 6) is -8.35. The lowest BCUT2D eigenvalue weighted by Crippen LogP contribution is -2.65. The molecule has 0 unspecified atom stereocenters. The molecule has 258 valence electrons. The van der Waals surface area contributed by atoms with Gasteiger partial charge in [0.25, 0.3) is 5.91 Å². The number of carbonyl (C=O) groups is 4. The first-order valence-corrected chi connectivity index (χ1v) is 14.5. The molecule has 17 nitrogen and oxygen atoms in total. The predicted octanol–water partition coefficient (Wildman–Crippen LogP) is -3.29. The highest BCUT2D eigenvalue weighted by atomic mass is 16.6. The summed E-state index contributed by atoms with van der Waals surface area (Å²) in [6.07, 6.45) is -5.44. The Morgan fingerprint density at radius 2 is 1.70 bits per heavy atom. The second-order valence-corrected chi connectivity index (χ2v) is 12.4. The largest absolute Gasteiger partial charge is 0.510 e. The van der Waals surface area contributed by atoms with Gasteiger partial charge in [0.15, 0.2) is 17.7 Å². The van der Waals surface area contributed by atoms with E-state index in [0.717, 1.165) is 0 Å². The Bertz CT molecular complexity index is 1550. The molecule has 0 radical (unpaired) electrons. The van der Waals surface area contributed by atoms with Crippen LogP contribution in [0.1, 0.15) is 36.2 Å². The number of aliphatic hydroxyl groups is 8. The molecule has 2 amide bonds. The molecule has 0 bridgehead atoms. The first kappa shape index (κ1) is 35.9. The first-order valence-electron chi connectivity index (χ1n) is 14.5. The number of Topliss-reactive ketones (excluding diaryl/α,β-unsaturated/α-hetero) is 2. The van der Waals surface area contributed by atoms with Crippen molar-refractivity contribution in [2.24, 2.45) is 17.6 Å². The Morgan fingerprint density at radius 3 is 2.23 bits per heavy atom. The molecule has 0 spiro atoms. The molecule has 1 aromatic carbocycles. The standard InChI is InChI=1S/C22H24N2O8.C8H15NO6/c1-21(31)8-5-4-6-11(25)12(8)16(26)13-9(21)7-10-15(24(2)3)17(27)14(20(23)30)19(29)22(10,32)18(13)28;1-3(11)9-5-7(13)6(12)4(2-10)15-8(5)14/h4-6,9-10,15,25,27-28,31-32H,7H2,1-3H3,(H2,23,30);4-8,10,12-14H,2H2,1H3,(H,9,11)/t9-,10-,15-,21+,22-;4-,5-,6-,7-,8+/m01/s1. The minimum absolute atomic E-state index is 0.135. The van der Waals surface area contributed by atoms with Crippen LogP contribution in [-0.4, -0.2) is 137 Å². The van der Waals surface area contributed by atoms with Gasteiger partial charge >= 0.3 is 0 Å². The first-order chi connectivity index (χ1) is 21.7. The number of phenolic OH excluding ortho intramolecular Hbond substituents is 1. The van der Waals surface area contributed by atoms with Crippen molar-refractivity contribution in [2.45, 2.75) is 68.2 Å². The predicted molar refractivity (Wildman–Crippen MR) is 157 cm³/mol. The summed E-state index contributed by atoms with van der Waals surface area (Å²) in [5.41, 5.74) is -0.654. The molecule has 1 heterocycles. The lowest BCUT2D eigenvalue weighted by Gasteiger charge is -2.52. The van der Waals surface area contributed by atoms with Crippen LogP contribution in [0.3, 0.4) is 0 Å². The highest BCUT2D eigenvalue weighted by Crippen LogP contribution is 2.56. The number of rotatable bonds is 4. The van der Waals surface area contributed by atoms with Crippen LogP contribution in [0, 0.1) is 11.8 Å². The van der Waals surface area contributed by atoms with Crippen molar-refractivity contribution in [1.82, 2.24) is 10.2 Å². The van der Waals surface area contributed by atoms with Crippen LogP contribution in [-0.2, 0) is 24.7 Å². The van der Waals surface area contributed by atoms with Gasteiger partial charge in [-0.1, -0.05) is 12.1 Å². The number of ether oxygens (including phenoxy) is 1. The fraction of sp³-hybridized carbons (Fsp3) is 0.533. The summed E-state index contributed by atoms with van der Waals surface area (Å²) in [6, 6.07) is 1.95. The Balaban J connectivity index is 0.000000280. The fourth-order valence-corrected chi connectivity index (χ4v) is 7.00. The van der Waals surface area contributed by atoms with E-state index in [1.165, 1.54) is 51.0 Å². The van der Waals surface area contributed by atoms with E-state index in [1.807, 2.05) is 0 Å². The highest BCUT2D eigenvalue weighted by Gasteiger charge is 2.65. The second kappa shape index (κ2) is 12.6. The minimum Gasteiger partial charge on any atom is -0.510 e. The molecule has 5 rings (SSSR count). The number of primary amides is 1. The summed E-state index contributed by atoms with van der Waals surface area (Å²) in [6.45, 7) is 2.09. The van der Waals surface area contributed by atoms with E-state index >= 15 is 0 Å². The van der Waals surface area contributed by atoms with Gasteiger partial charge in [-0.05, 0) is 39.1 Å². The monoisotopic (exact) mass is 665 g/mol. The van der Waals surface area contributed by atoms with Crippen LogP contribution < -0.4 is 11.1 Å². The summed E-state index contributed by atoms with van der Waals surface area (Å²) in [7, 11) is 3.06. The number of nitrogens with zero attached hydrogens (tertiary/aromatic N) is 1. The van der Waals surface area contributed by atoms with Gasteiger partial charge < -0.3 is 61.7 Å². The SMILES string of the molecule is CC(=O)N[C@@H]1[C@@H](O)[C@H](O)[C@@H](CO)O[C@@H]1O.CN(C)[C@@H]1C(O)=C(C(N)=O)C(=O)[C@@]2(O)C(O)=C3C(=O)c4c(O)cccc4[C@@](C)(O)[C@H]3C[C@@H]12. The summed E-state index contributed by atoms with van der Waals surface area (Å²) < 4.78 is 4.81. The second-order valence-electron chi connectivity index (χ2n) is 12.4. The molecule has 3 aliphatic carbocycles. The van der Waals surface area contributed by atoms with Crippen molar-refractivity contribution >= 4 is 23.4 Å². The summed E-state index contributed by atoms with van der Waals surface area (Å²) in [4.78, 5) is 50.6. The number of carbonyl (C=O) groups excluding carboxylic acids is 4. The van der Waals surface area contributed by atoms with Crippen LogP contribution in [0.25, 0.3) is 0 Å². The number of aromatic hydroxyl groups is 1. The number of amides is 2. The molecule has 0 aromatic heterocycles.